The minimum absolute atomic E-state index is 0.0498. The fourth-order valence-corrected chi connectivity index (χ4v) is 6.34. The molecule has 2 aromatic carbocycles. The molecule has 1 aliphatic heterocycles. The van der Waals surface area contributed by atoms with E-state index in [1.54, 1.807) is 24.9 Å². The maximum absolute atomic E-state index is 14.2. The van der Waals surface area contributed by atoms with Crippen LogP contribution in [0.2, 0.25) is 0 Å². The van der Waals surface area contributed by atoms with Crippen LogP contribution in [0.5, 0.6) is 0 Å². The summed E-state index contributed by atoms with van der Waals surface area (Å²) in [7, 11) is 1.90. The Hall–Kier alpha value is -3.04. The number of carbonyl (C=O) groups is 2. The van der Waals surface area contributed by atoms with Crippen molar-refractivity contribution in [3.8, 4) is 6.07 Å². The lowest BCUT2D eigenvalue weighted by molar-refractivity contribution is -0.144. The Balaban J connectivity index is 1.86. The van der Waals surface area contributed by atoms with Crippen molar-refractivity contribution < 1.29 is 14.3 Å². The third-order valence-corrected chi connectivity index (χ3v) is 7.62. The topological polar surface area (TPSA) is 72.1 Å². The Morgan fingerprint density at radius 1 is 1.19 bits per heavy atom. The number of aromatic nitrogens is 1. The van der Waals surface area contributed by atoms with Gasteiger partial charge in [-0.15, -0.1) is 0 Å². The Morgan fingerprint density at radius 2 is 1.90 bits per heavy atom. The minimum atomic E-state index is -1.36. The number of carbonyl (C=O) groups excluding carboxylic acids is 2. The predicted octanol–water partition coefficient (Wildman–Crippen LogP) is 4.93. The molecule has 1 saturated heterocycles. The van der Waals surface area contributed by atoms with Gasteiger partial charge < -0.3 is 9.30 Å². The van der Waals surface area contributed by atoms with Gasteiger partial charge in [0.1, 0.15) is 5.41 Å². The molecular formula is C25H24N2O3S. The zero-order valence-corrected chi connectivity index (χ0v) is 18.4. The second-order valence-corrected chi connectivity index (χ2v) is 8.95. The van der Waals surface area contributed by atoms with E-state index in [1.807, 2.05) is 66.2 Å². The second-order valence-electron chi connectivity index (χ2n) is 7.81. The van der Waals surface area contributed by atoms with E-state index in [4.69, 9.17) is 4.74 Å². The van der Waals surface area contributed by atoms with Crippen molar-refractivity contribution in [3.05, 3.63) is 71.9 Å². The molecule has 1 fully saturated rings. The Kier molecular flexibility index (Phi) is 5.88. The molecule has 158 valence electrons. The highest BCUT2D eigenvalue weighted by molar-refractivity contribution is 7.99. The summed E-state index contributed by atoms with van der Waals surface area (Å²) in [6.07, 6.45) is 1.85. The fourth-order valence-electron chi connectivity index (χ4n) is 4.57. The maximum Gasteiger partial charge on any atom is 0.306 e. The Morgan fingerprint density at radius 3 is 2.61 bits per heavy atom. The largest absolute Gasteiger partial charge is 0.466 e. The number of nitriles is 1. The summed E-state index contributed by atoms with van der Waals surface area (Å²) < 4.78 is 7.08. The highest BCUT2D eigenvalue weighted by Crippen LogP contribution is 2.59. The molecule has 1 aliphatic rings. The van der Waals surface area contributed by atoms with Gasteiger partial charge in [0.25, 0.3) is 0 Å². The van der Waals surface area contributed by atoms with Crippen LogP contribution >= 0.6 is 11.8 Å². The van der Waals surface area contributed by atoms with Crippen molar-refractivity contribution in [1.82, 2.24) is 4.57 Å². The summed E-state index contributed by atoms with van der Waals surface area (Å²) in [4.78, 5) is 26.5. The van der Waals surface area contributed by atoms with E-state index in [0.717, 1.165) is 16.5 Å². The van der Waals surface area contributed by atoms with Crippen LogP contribution in [0.4, 0.5) is 0 Å². The molecule has 0 bridgehead atoms. The summed E-state index contributed by atoms with van der Waals surface area (Å²) in [6, 6.07) is 19.8. The Labute approximate surface area is 186 Å². The van der Waals surface area contributed by atoms with Gasteiger partial charge in [-0.05, 0) is 24.3 Å². The molecule has 3 atom stereocenters. The lowest BCUT2D eigenvalue weighted by Crippen LogP contribution is -2.39. The number of benzene rings is 2. The van der Waals surface area contributed by atoms with E-state index in [9.17, 15) is 14.9 Å². The van der Waals surface area contributed by atoms with E-state index in [-0.39, 0.29) is 30.0 Å². The van der Waals surface area contributed by atoms with Crippen LogP contribution in [0.1, 0.15) is 34.5 Å². The first-order valence-electron chi connectivity index (χ1n) is 10.3. The van der Waals surface area contributed by atoms with E-state index in [0.29, 0.717) is 11.3 Å². The van der Waals surface area contributed by atoms with Crippen molar-refractivity contribution in [1.29, 1.82) is 5.26 Å². The number of thioether (sulfide) groups is 1. The van der Waals surface area contributed by atoms with Gasteiger partial charge in [-0.3, -0.25) is 9.59 Å². The fraction of sp³-hybridized carbons (Fsp3) is 0.320. The van der Waals surface area contributed by atoms with Crippen LogP contribution in [-0.4, -0.2) is 28.7 Å². The van der Waals surface area contributed by atoms with E-state index in [2.05, 4.69) is 6.07 Å². The third kappa shape index (κ3) is 3.53. The quantitative estimate of drug-likeness (QED) is 0.408. The standard InChI is InChI=1S/C25H24N2O3S/c1-3-30-22(28)13-18-15-31-24(17-9-5-4-6-10-17)25(18,16-26)23(29)20-14-27(2)21-12-8-7-11-19(20)21/h4-12,14,18,24H,3,13,15H2,1-2H3/t18-,24+,25+/m1/s1. The molecule has 0 unspecified atom stereocenters. The van der Waals surface area contributed by atoms with E-state index < -0.39 is 11.3 Å². The van der Waals surface area contributed by atoms with Crippen LogP contribution in [0.15, 0.2) is 60.8 Å². The zero-order valence-electron chi connectivity index (χ0n) is 17.6. The number of fused-ring (bicyclic) bond motifs is 1. The highest BCUT2D eigenvalue weighted by atomic mass is 32.2. The number of hydrogen-bond acceptors (Lipinski definition) is 5. The van der Waals surface area contributed by atoms with Gasteiger partial charge in [-0.1, -0.05) is 48.5 Å². The van der Waals surface area contributed by atoms with Gasteiger partial charge in [-0.2, -0.15) is 17.0 Å². The first-order valence-corrected chi connectivity index (χ1v) is 11.4. The average Bonchev–Trinajstić information content (AvgIpc) is 3.32. The number of Topliss-reactive ketones (excluding diaryl/α,β-unsaturated/α-hetero) is 1. The van der Waals surface area contributed by atoms with Crippen LogP contribution < -0.4 is 0 Å². The smallest absolute Gasteiger partial charge is 0.306 e. The van der Waals surface area contributed by atoms with Crippen molar-refractivity contribution in [2.45, 2.75) is 18.6 Å². The molecular weight excluding hydrogens is 408 g/mol. The first kappa shape index (κ1) is 21.2. The summed E-state index contributed by atoms with van der Waals surface area (Å²) >= 11 is 1.57. The van der Waals surface area contributed by atoms with Gasteiger partial charge in [-0.25, -0.2) is 0 Å². The van der Waals surface area contributed by atoms with Crippen molar-refractivity contribution in [3.63, 3.8) is 0 Å². The molecule has 0 amide bonds. The summed E-state index contributed by atoms with van der Waals surface area (Å²) in [5, 5.41) is 11.0. The first-order chi connectivity index (χ1) is 15.0. The molecule has 6 heteroatoms. The zero-order chi connectivity index (χ0) is 22.0. The molecule has 0 radical (unpaired) electrons. The third-order valence-electron chi connectivity index (χ3n) is 6.04. The normalized spacial score (nSPS) is 22.9. The monoisotopic (exact) mass is 432 g/mol. The van der Waals surface area contributed by atoms with Gasteiger partial charge >= 0.3 is 5.97 Å². The van der Waals surface area contributed by atoms with Gasteiger partial charge in [0.2, 0.25) is 0 Å². The van der Waals surface area contributed by atoms with E-state index in [1.165, 1.54) is 0 Å². The van der Waals surface area contributed by atoms with Crippen LogP contribution in [-0.2, 0) is 16.6 Å². The molecule has 0 aliphatic carbocycles. The molecule has 5 nitrogen and oxygen atoms in total. The predicted molar refractivity (Wildman–Crippen MR) is 122 cm³/mol. The molecule has 3 aromatic rings. The van der Waals surface area contributed by atoms with Crippen molar-refractivity contribution in [2.24, 2.45) is 18.4 Å². The number of esters is 1. The number of para-hydroxylation sites is 1. The number of nitrogens with zero attached hydrogens (tertiary/aromatic N) is 2. The molecule has 31 heavy (non-hydrogen) atoms. The minimum Gasteiger partial charge on any atom is -0.466 e. The van der Waals surface area contributed by atoms with Crippen molar-refractivity contribution >= 4 is 34.4 Å². The number of hydrogen-bond donors (Lipinski definition) is 0. The lowest BCUT2D eigenvalue weighted by Gasteiger charge is -2.31. The van der Waals surface area contributed by atoms with Crippen LogP contribution in [0, 0.1) is 22.7 Å². The Bertz CT molecular complexity index is 1160. The maximum atomic E-state index is 14.2. The van der Waals surface area contributed by atoms with Gasteiger partial charge in [0.05, 0.1) is 24.3 Å². The molecule has 0 spiro atoms. The molecule has 0 N–H and O–H groups in total. The van der Waals surface area contributed by atoms with E-state index >= 15 is 0 Å². The van der Waals surface area contributed by atoms with Crippen LogP contribution in [0.3, 0.4) is 0 Å². The molecule has 4 rings (SSSR count). The summed E-state index contributed by atoms with van der Waals surface area (Å²) in [5.74, 6) is -0.479. The van der Waals surface area contributed by atoms with Crippen LogP contribution in [0.25, 0.3) is 10.9 Å². The lowest BCUT2D eigenvalue weighted by atomic mass is 9.67. The number of ketones is 1. The average molecular weight is 433 g/mol. The molecule has 0 saturated carbocycles. The number of ether oxygens (including phenoxy) is 1. The molecule has 1 aromatic heterocycles. The van der Waals surface area contributed by atoms with Gasteiger partial charge in [0.15, 0.2) is 5.78 Å². The SMILES string of the molecule is CCOC(=O)C[C@@H]1CS[C@@H](c2ccccc2)[C@]1(C#N)C(=O)c1cn(C)c2ccccc12. The highest BCUT2D eigenvalue weighted by Gasteiger charge is 2.58. The summed E-state index contributed by atoms with van der Waals surface area (Å²) in [6.45, 7) is 2.03. The molecule has 2 heterocycles. The van der Waals surface area contributed by atoms with Gasteiger partial charge in [0, 0.05) is 35.6 Å². The van der Waals surface area contributed by atoms with Crippen molar-refractivity contribution in [2.75, 3.05) is 12.4 Å². The second kappa shape index (κ2) is 8.60. The number of aryl methyl sites for hydroxylation is 1. The summed E-state index contributed by atoms with van der Waals surface area (Å²) in [5.41, 5.74) is 1.02. The number of rotatable bonds is 6.